The van der Waals surface area contributed by atoms with Crippen molar-refractivity contribution in [3.05, 3.63) is 0 Å². The fraction of sp³-hybridized carbons (Fsp3) is 1.00. The first kappa shape index (κ1) is 29.6. The average Bonchev–Trinajstić information content (AvgIpc) is 2.73. The van der Waals surface area contributed by atoms with Gasteiger partial charge in [0.25, 0.3) is 0 Å². The smallest absolute Gasteiger partial charge is 0.119 e. The van der Waals surface area contributed by atoms with Crippen LogP contribution >= 0.6 is 0 Å². The van der Waals surface area contributed by atoms with Crippen LogP contribution in [-0.4, -0.2) is 108 Å². The number of nitrogens with zero attached hydrogens (tertiary/aromatic N) is 3. The van der Waals surface area contributed by atoms with Crippen LogP contribution in [0.2, 0.25) is 0 Å². The number of rotatable bonds is 6. The zero-order valence-electron chi connectivity index (χ0n) is 25.5. The summed E-state index contributed by atoms with van der Waals surface area (Å²) in [7, 11) is 2.34. The van der Waals surface area contributed by atoms with Crippen LogP contribution in [0, 0.1) is 0 Å². The molecule has 9 nitrogen and oxygen atoms in total. The second kappa shape index (κ2) is 10.9. The number of hydrogen-bond acceptors (Lipinski definition) is 9. The molecule has 0 saturated carbocycles. The van der Waals surface area contributed by atoms with Crippen LogP contribution in [0.5, 0.6) is 0 Å². The number of nitrogens with one attached hydrogen (secondary N) is 5. The minimum Gasteiger partial charge on any atom is -0.379 e. The quantitative estimate of drug-likeness (QED) is 0.336. The monoisotopic (exact) mass is 522 g/mol. The molecule has 4 fully saturated rings. The van der Waals surface area contributed by atoms with Gasteiger partial charge in [-0.1, -0.05) is 0 Å². The summed E-state index contributed by atoms with van der Waals surface area (Å²) in [6, 6.07) is 0.989. The highest BCUT2D eigenvalue weighted by atomic mass is 16.5. The molecule has 0 spiro atoms. The summed E-state index contributed by atoms with van der Waals surface area (Å²) in [5, 5.41) is 19.3. The molecule has 0 aromatic heterocycles. The van der Waals surface area contributed by atoms with Gasteiger partial charge in [-0.2, -0.15) is 0 Å². The zero-order chi connectivity index (χ0) is 27.2. The highest BCUT2D eigenvalue weighted by Crippen LogP contribution is 2.34. The van der Waals surface area contributed by atoms with Gasteiger partial charge in [-0.05, 0) is 95.0 Å². The van der Waals surface area contributed by atoms with Gasteiger partial charge in [0.05, 0.1) is 26.0 Å². The van der Waals surface area contributed by atoms with Gasteiger partial charge in [-0.3, -0.25) is 30.7 Å². The molecule has 0 aliphatic carbocycles. The fourth-order valence-corrected chi connectivity index (χ4v) is 7.87. The lowest BCUT2D eigenvalue weighted by molar-refractivity contribution is -0.0808. The molecule has 4 saturated heterocycles. The molecule has 0 radical (unpaired) electrons. The Labute approximate surface area is 227 Å². The van der Waals surface area contributed by atoms with Gasteiger partial charge in [0.2, 0.25) is 0 Å². The lowest BCUT2D eigenvalue weighted by atomic mass is 9.78. The Morgan fingerprint density at radius 3 is 1.73 bits per heavy atom. The van der Waals surface area contributed by atoms with Crippen molar-refractivity contribution in [1.29, 1.82) is 0 Å². The van der Waals surface area contributed by atoms with Crippen molar-refractivity contribution < 1.29 is 4.74 Å². The third-order valence-electron chi connectivity index (χ3n) is 8.69. The second-order valence-electron chi connectivity index (χ2n) is 15.0. The highest BCUT2D eigenvalue weighted by molar-refractivity contribution is 5.03. The van der Waals surface area contributed by atoms with Crippen molar-refractivity contribution in [1.82, 2.24) is 41.3 Å². The molecule has 0 aromatic rings. The van der Waals surface area contributed by atoms with Crippen molar-refractivity contribution in [3.63, 3.8) is 0 Å². The molecular formula is C28H58N8O. The van der Waals surface area contributed by atoms with Crippen LogP contribution in [0.25, 0.3) is 0 Å². The summed E-state index contributed by atoms with van der Waals surface area (Å²) in [5.41, 5.74) is 0.436. The number of morpholine rings is 1. The maximum Gasteiger partial charge on any atom is 0.119 e. The molecule has 0 aromatic carbocycles. The standard InChI is InChI=1S/C28H58N8O/c1-20-29-23(35-11-13-37-14-12-35)31-24(30-20)36(22-17-27(6,7)33-28(8,9)18-22)19-34(10)21-15-25(2,3)32-26(4,5)16-21/h20-24,29-33H,11-19H2,1-10H3. The van der Waals surface area contributed by atoms with E-state index in [2.05, 4.69) is 111 Å². The Bertz CT molecular complexity index is 733. The van der Waals surface area contributed by atoms with Crippen molar-refractivity contribution in [3.8, 4) is 0 Å². The van der Waals surface area contributed by atoms with E-state index < -0.39 is 0 Å². The minimum absolute atomic E-state index is 0.0870. The Hall–Kier alpha value is -0.360. The third kappa shape index (κ3) is 7.86. The SMILES string of the molecule is CC1NC(N2CCOCC2)NC(N(CN(C)C2CC(C)(C)NC(C)(C)C2)C2CC(C)(C)NC(C)(C)C2)N1. The highest BCUT2D eigenvalue weighted by Gasteiger charge is 2.45. The van der Waals surface area contributed by atoms with Crippen molar-refractivity contribution in [2.45, 2.75) is 141 Å². The molecule has 216 valence electrons. The molecule has 5 N–H and O–H groups in total. The summed E-state index contributed by atoms with van der Waals surface area (Å²) < 4.78 is 5.64. The first-order chi connectivity index (χ1) is 17.0. The molecule has 0 amide bonds. The van der Waals surface area contributed by atoms with E-state index in [-0.39, 0.29) is 40.9 Å². The Morgan fingerprint density at radius 2 is 1.22 bits per heavy atom. The molecule has 4 aliphatic rings. The van der Waals surface area contributed by atoms with Gasteiger partial charge in [-0.15, -0.1) is 0 Å². The van der Waals surface area contributed by atoms with E-state index in [4.69, 9.17) is 4.74 Å². The molecule has 4 aliphatic heterocycles. The van der Waals surface area contributed by atoms with Crippen LogP contribution in [0.4, 0.5) is 0 Å². The molecule has 37 heavy (non-hydrogen) atoms. The van der Waals surface area contributed by atoms with Crippen LogP contribution in [0.15, 0.2) is 0 Å². The summed E-state index contributed by atoms with van der Waals surface area (Å²) in [4.78, 5) is 7.85. The summed E-state index contributed by atoms with van der Waals surface area (Å²) in [6.45, 7) is 25.6. The van der Waals surface area contributed by atoms with E-state index >= 15 is 0 Å². The van der Waals surface area contributed by atoms with E-state index in [1.807, 2.05) is 0 Å². The number of hydrogen-bond donors (Lipinski definition) is 5. The van der Waals surface area contributed by atoms with Gasteiger partial charge in [0, 0.05) is 47.3 Å². The van der Waals surface area contributed by atoms with Crippen LogP contribution < -0.4 is 26.6 Å². The topological polar surface area (TPSA) is 79.1 Å². The Kier molecular flexibility index (Phi) is 8.72. The first-order valence-electron chi connectivity index (χ1n) is 14.7. The lowest BCUT2D eigenvalue weighted by Crippen LogP contribution is -2.77. The van der Waals surface area contributed by atoms with Crippen molar-refractivity contribution in [2.24, 2.45) is 0 Å². The van der Waals surface area contributed by atoms with E-state index in [0.717, 1.165) is 58.7 Å². The van der Waals surface area contributed by atoms with E-state index in [0.29, 0.717) is 12.1 Å². The van der Waals surface area contributed by atoms with E-state index in [1.165, 1.54) is 0 Å². The Balaban J connectivity index is 1.58. The summed E-state index contributed by atoms with van der Waals surface area (Å²) in [5.74, 6) is 0. The molecular weight excluding hydrogens is 464 g/mol. The van der Waals surface area contributed by atoms with Gasteiger partial charge in [0.1, 0.15) is 12.6 Å². The zero-order valence-corrected chi connectivity index (χ0v) is 25.5. The van der Waals surface area contributed by atoms with Gasteiger partial charge < -0.3 is 15.4 Å². The van der Waals surface area contributed by atoms with Crippen molar-refractivity contribution in [2.75, 3.05) is 40.0 Å². The van der Waals surface area contributed by atoms with E-state index in [9.17, 15) is 0 Å². The second-order valence-corrected chi connectivity index (χ2v) is 15.0. The maximum atomic E-state index is 5.64. The summed E-state index contributed by atoms with van der Waals surface area (Å²) in [6.07, 6.45) is 5.00. The molecule has 0 bridgehead atoms. The number of piperidine rings is 2. The lowest BCUT2D eigenvalue weighted by Gasteiger charge is -2.55. The molecule has 4 heterocycles. The van der Waals surface area contributed by atoms with Crippen LogP contribution in [0.3, 0.4) is 0 Å². The summed E-state index contributed by atoms with van der Waals surface area (Å²) >= 11 is 0. The van der Waals surface area contributed by atoms with Crippen LogP contribution in [-0.2, 0) is 4.74 Å². The maximum absolute atomic E-state index is 5.64. The van der Waals surface area contributed by atoms with Crippen molar-refractivity contribution >= 4 is 0 Å². The normalized spacial score (nSPS) is 35.2. The first-order valence-corrected chi connectivity index (χ1v) is 14.7. The minimum atomic E-state index is 0.0870. The van der Waals surface area contributed by atoms with Gasteiger partial charge in [-0.25, -0.2) is 0 Å². The Morgan fingerprint density at radius 1 is 0.730 bits per heavy atom. The average molecular weight is 523 g/mol. The third-order valence-corrected chi connectivity index (χ3v) is 8.69. The number of ether oxygens (including phenoxy) is 1. The predicted octanol–water partition coefficient (Wildman–Crippen LogP) is 1.82. The predicted molar refractivity (Wildman–Crippen MR) is 152 cm³/mol. The molecule has 3 atom stereocenters. The van der Waals surface area contributed by atoms with E-state index in [1.54, 1.807) is 0 Å². The van der Waals surface area contributed by atoms with Gasteiger partial charge in [0.15, 0.2) is 0 Å². The van der Waals surface area contributed by atoms with Crippen LogP contribution in [0.1, 0.15) is 88.0 Å². The van der Waals surface area contributed by atoms with Gasteiger partial charge >= 0.3 is 0 Å². The fourth-order valence-electron chi connectivity index (χ4n) is 7.87. The largest absolute Gasteiger partial charge is 0.379 e. The molecule has 3 unspecified atom stereocenters. The molecule has 4 rings (SSSR count). The molecule has 9 heteroatoms.